The number of nitrogens with two attached hydrogens (primary N) is 2. The monoisotopic (exact) mass is 160 g/mol. The van der Waals surface area contributed by atoms with Crippen LogP contribution in [0.2, 0.25) is 0 Å². The fourth-order valence-electron chi connectivity index (χ4n) is 0.716. The molecule has 0 saturated heterocycles. The third-order valence-electron chi connectivity index (χ3n) is 1.67. The van der Waals surface area contributed by atoms with Crippen molar-refractivity contribution in [2.24, 2.45) is 11.5 Å². The SMILES string of the molecule is CCCCCOC(N)(N)CC. The van der Waals surface area contributed by atoms with Crippen LogP contribution in [0.1, 0.15) is 39.5 Å². The van der Waals surface area contributed by atoms with E-state index in [-0.39, 0.29) is 0 Å². The van der Waals surface area contributed by atoms with Gasteiger partial charge in [0.05, 0.1) is 6.61 Å². The van der Waals surface area contributed by atoms with E-state index in [1.165, 1.54) is 12.8 Å². The van der Waals surface area contributed by atoms with Crippen LogP contribution in [0.5, 0.6) is 0 Å². The summed E-state index contributed by atoms with van der Waals surface area (Å²) in [6, 6.07) is 0. The summed E-state index contributed by atoms with van der Waals surface area (Å²) in [5.74, 6) is -0.909. The first kappa shape index (κ1) is 10.9. The quantitative estimate of drug-likeness (QED) is 0.453. The lowest BCUT2D eigenvalue weighted by Gasteiger charge is -2.22. The van der Waals surface area contributed by atoms with Crippen molar-refractivity contribution in [2.75, 3.05) is 6.61 Å². The second kappa shape index (κ2) is 5.52. The molecule has 0 bridgehead atoms. The molecular formula is C8H20N2O. The molecule has 68 valence electrons. The van der Waals surface area contributed by atoms with Crippen LogP contribution in [-0.4, -0.2) is 12.5 Å². The molecule has 0 aliphatic rings. The van der Waals surface area contributed by atoms with Gasteiger partial charge < -0.3 is 4.74 Å². The summed E-state index contributed by atoms with van der Waals surface area (Å²) in [7, 11) is 0. The van der Waals surface area contributed by atoms with Crippen molar-refractivity contribution in [2.45, 2.75) is 45.4 Å². The predicted molar refractivity (Wildman–Crippen MR) is 46.9 cm³/mol. The highest BCUT2D eigenvalue weighted by Gasteiger charge is 2.15. The van der Waals surface area contributed by atoms with Crippen molar-refractivity contribution in [3.8, 4) is 0 Å². The number of rotatable bonds is 6. The molecule has 0 aliphatic heterocycles. The molecule has 3 nitrogen and oxygen atoms in total. The van der Waals surface area contributed by atoms with E-state index in [0.29, 0.717) is 13.0 Å². The molecule has 0 rings (SSSR count). The van der Waals surface area contributed by atoms with Crippen LogP contribution in [-0.2, 0) is 4.74 Å². The van der Waals surface area contributed by atoms with Gasteiger partial charge in [0.15, 0.2) is 5.85 Å². The average molecular weight is 160 g/mol. The zero-order valence-corrected chi connectivity index (χ0v) is 7.60. The molecule has 0 aliphatic carbocycles. The number of hydrogen-bond acceptors (Lipinski definition) is 3. The van der Waals surface area contributed by atoms with Crippen molar-refractivity contribution >= 4 is 0 Å². The summed E-state index contributed by atoms with van der Waals surface area (Å²) in [5, 5.41) is 0. The van der Waals surface area contributed by atoms with Gasteiger partial charge in [0, 0.05) is 6.42 Å². The van der Waals surface area contributed by atoms with Crippen LogP contribution in [0, 0.1) is 0 Å². The summed E-state index contributed by atoms with van der Waals surface area (Å²) < 4.78 is 5.24. The number of hydrogen-bond donors (Lipinski definition) is 2. The highest BCUT2D eigenvalue weighted by atomic mass is 16.5. The van der Waals surface area contributed by atoms with E-state index in [2.05, 4.69) is 6.92 Å². The van der Waals surface area contributed by atoms with Gasteiger partial charge in [0.25, 0.3) is 0 Å². The van der Waals surface area contributed by atoms with E-state index in [1.54, 1.807) is 0 Å². The minimum Gasteiger partial charge on any atom is -0.348 e. The van der Waals surface area contributed by atoms with Crippen LogP contribution in [0.25, 0.3) is 0 Å². The highest BCUT2D eigenvalue weighted by molar-refractivity contribution is 4.60. The van der Waals surface area contributed by atoms with Gasteiger partial charge in [0.1, 0.15) is 0 Å². The fraction of sp³-hybridized carbons (Fsp3) is 1.00. The number of ether oxygens (including phenoxy) is 1. The van der Waals surface area contributed by atoms with E-state index in [9.17, 15) is 0 Å². The van der Waals surface area contributed by atoms with Gasteiger partial charge in [-0.25, -0.2) is 0 Å². The molecule has 0 aromatic rings. The normalized spacial score (nSPS) is 12.0. The Morgan fingerprint density at radius 2 is 1.82 bits per heavy atom. The van der Waals surface area contributed by atoms with Crippen molar-refractivity contribution in [3.63, 3.8) is 0 Å². The first-order chi connectivity index (χ1) is 5.12. The van der Waals surface area contributed by atoms with E-state index >= 15 is 0 Å². The average Bonchev–Trinajstić information content (AvgIpc) is 1.99. The lowest BCUT2D eigenvalue weighted by Crippen LogP contribution is -2.51. The van der Waals surface area contributed by atoms with Crippen LogP contribution in [0.15, 0.2) is 0 Å². The first-order valence-corrected chi connectivity index (χ1v) is 4.34. The van der Waals surface area contributed by atoms with Crippen molar-refractivity contribution < 1.29 is 4.74 Å². The Morgan fingerprint density at radius 3 is 2.27 bits per heavy atom. The molecule has 0 saturated carbocycles. The zero-order valence-electron chi connectivity index (χ0n) is 7.60. The molecule has 0 aromatic heterocycles. The summed E-state index contributed by atoms with van der Waals surface area (Å²) in [4.78, 5) is 0. The molecule has 3 heteroatoms. The lowest BCUT2D eigenvalue weighted by molar-refractivity contribution is -0.0408. The lowest BCUT2D eigenvalue weighted by atomic mass is 10.2. The van der Waals surface area contributed by atoms with Crippen LogP contribution in [0.4, 0.5) is 0 Å². The molecule has 0 fully saturated rings. The van der Waals surface area contributed by atoms with Crippen LogP contribution >= 0.6 is 0 Å². The molecule has 0 aromatic carbocycles. The van der Waals surface area contributed by atoms with E-state index in [4.69, 9.17) is 16.2 Å². The van der Waals surface area contributed by atoms with Gasteiger partial charge in [-0.2, -0.15) is 0 Å². The summed E-state index contributed by atoms with van der Waals surface area (Å²) >= 11 is 0. The molecular weight excluding hydrogens is 140 g/mol. The van der Waals surface area contributed by atoms with Crippen molar-refractivity contribution in [1.29, 1.82) is 0 Å². The Labute approximate surface area is 69.1 Å². The maximum atomic E-state index is 5.55. The van der Waals surface area contributed by atoms with Crippen molar-refractivity contribution in [3.05, 3.63) is 0 Å². The van der Waals surface area contributed by atoms with E-state index in [0.717, 1.165) is 6.42 Å². The molecule has 0 radical (unpaired) electrons. The van der Waals surface area contributed by atoms with E-state index < -0.39 is 5.85 Å². The standard InChI is InChI=1S/C8H20N2O/c1-3-5-6-7-11-8(9,10)4-2/h3-7,9-10H2,1-2H3. The van der Waals surface area contributed by atoms with Gasteiger partial charge in [-0.1, -0.05) is 26.7 Å². The first-order valence-electron chi connectivity index (χ1n) is 4.34. The maximum absolute atomic E-state index is 5.55. The summed E-state index contributed by atoms with van der Waals surface area (Å²) in [6.45, 7) is 4.74. The minimum absolute atomic E-state index is 0.652. The van der Waals surface area contributed by atoms with Gasteiger partial charge in [-0.05, 0) is 6.42 Å². The Hall–Kier alpha value is -0.120. The van der Waals surface area contributed by atoms with E-state index in [1.807, 2.05) is 6.92 Å². The molecule has 0 spiro atoms. The van der Waals surface area contributed by atoms with Gasteiger partial charge in [-0.15, -0.1) is 0 Å². The molecule has 0 unspecified atom stereocenters. The molecule has 0 atom stereocenters. The zero-order chi connectivity index (χ0) is 8.74. The highest BCUT2D eigenvalue weighted by Crippen LogP contribution is 2.02. The van der Waals surface area contributed by atoms with Gasteiger partial charge in [-0.3, -0.25) is 11.5 Å². The maximum Gasteiger partial charge on any atom is 0.169 e. The van der Waals surface area contributed by atoms with Crippen LogP contribution < -0.4 is 11.5 Å². The van der Waals surface area contributed by atoms with Gasteiger partial charge >= 0.3 is 0 Å². The Kier molecular flexibility index (Phi) is 5.46. The third-order valence-corrected chi connectivity index (χ3v) is 1.67. The molecule has 0 amide bonds. The second-order valence-corrected chi connectivity index (χ2v) is 2.86. The summed E-state index contributed by atoms with van der Waals surface area (Å²) in [6.07, 6.45) is 4.07. The largest absolute Gasteiger partial charge is 0.348 e. The Balaban J connectivity index is 3.23. The third kappa shape index (κ3) is 6.28. The Morgan fingerprint density at radius 1 is 1.18 bits per heavy atom. The molecule has 11 heavy (non-hydrogen) atoms. The van der Waals surface area contributed by atoms with Crippen LogP contribution in [0.3, 0.4) is 0 Å². The second-order valence-electron chi connectivity index (χ2n) is 2.86. The number of unbranched alkanes of at least 4 members (excludes halogenated alkanes) is 2. The summed E-state index contributed by atoms with van der Waals surface area (Å²) in [5.41, 5.74) is 11.1. The fourth-order valence-corrected chi connectivity index (χ4v) is 0.716. The predicted octanol–water partition coefficient (Wildman–Crippen LogP) is 1.17. The molecule has 4 N–H and O–H groups in total. The smallest absolute Gasteiger partial charge is 0.169 e. The topological polar surface area (TPSA) is 61.3 Å². The van der Waals surface area contributed by atoms with Gasteiger partial charge in [0.2, 0.25) is 0 Å². The van der Waals surface area contributed by atoms with Crippen molar-refractivity contribution in [1.82, 2.24) is 0 Å². The molecule has 0 heterocycles. The Bertz CT molecular complexity index is 94.1. The minimum atomic E-state index is -0.909.